The molecule has 0 aliphatic rings. The largest absolute Gasteiger partial charge is 0.351 e. The molecule has 0 saturated carbocycles. The van der Waals surface area contributed by atoms with E-state index in [2.05, 4.69) is 27.8 Å². The van der Waals surface area contributed by atoms with Crippen molar-refractivity contribution in [2.45, 2.75) is 26.3 Å². The zero-order valence-electron chi connectivity index (χ0n) is 12.9. The molecule has 0 spiro atoms. The van der Waals surface area contributed by atoms with Crippen LogP contribution >= 0.6 is 23.7 Å². The zero-order valence-corrected chi connectivity index (χ0v) is 14.5. The number of carbonyl (C=O) groups excluding carboxylic acids is 1. The van der Waals surface area contributed by atoms with Gasteiger partial charge in [0, 0.05) is 16.9 Å². The Balaban J connectivity index is 0.00000242. The minimum Gasteiger partial charge on any atom is -0.351 e. The minimum absolute atomic E-state index is 0. The number of carbonyl (C=O) groups is 1. The molecule has 1 heterocycles. The number of aromatic nitrogens is 1. The Kier molecular flexibility index (Phi) is 8.09. The first-order valence-electron chi connectivity index (χ1n) is 7.13. The number of nitrogens with zero attached hydrogens (tertiary/aromatic N) is 1. The summed E-state index contributed by atoms with van der Waals surface area (Å²) in [6, 6.07) is 10.1. The molecule has 1 aromatic heterocycles. The summed E-state index contributed by atoms with van der Waals surface area (Å²) in [5, 5.41) is 7.01. The maximum atomic E-state index is 11.7. The summed E-state index contributed by atoms with van der Waals surface area (Å²) in [7, 11) is 1.89. The Hall–Kier alpha value is -1.43. The highest BCUT2D eigenvalue weighted by Crippen LogP contribution is 2.27. The van der Waals surface area contributed by atoms with Crippen LogP contribution in [0.15, 0.2) is 30.3 Å². The van der Waals surface area contributed by atoms with Gasteiger partial charge in [-0.15, -0.1) is 23.7 Å². The van der Waals surface area contributed by atoms with Gasteiger partial charge in [0.05, 0.1) is 12.2 Å². The average Bonchev–Trinajstić information content (AvgIpc) is 2.87. The van der Waals surface area contributed by atoms with Gasteiger partial charge in [-0.3, -0.25) is 4.79 Å². The fourth-order valence-corrected chi connectivity index (χ4v) is 3.00. The summed E-state index contributed by atoms with van der Waals surface area (Å²) in [6.07, 6.45) is 1.42. The van der Waals surface area contributed by atoms with Crippen LogP contribution in [0.5, 0.6) is 0 Å². The van der Waals surface area contributed by atoms with Crippen molar-refractivity contribution >= 4 is 29.7 Å². The van der Waals surface area contributed by atoms with Crippen molar-refractivity contribution in [3.8, 4) is 10.6 Å². The molecule has 0 bridgehead atoms. The van der Waals surface area contributed by atoms with Gasteiger partial charge in [-0.25, -0.2) is 4.98 Å². The van der Waals surface area contributed by atoms with Crippen LogP contribution in [0.1, 0.15) is 23.4 Å². The first kappa shape index (κ1) is 18.6. The van der Waals surface area contributed by atoms with Gasteiger partial charge in [-0.05, 0) is 26.9 Å². The highest BCUT2D eigenvalue weighted by Gasteiger charge is 2.10. The average molecular weight is 340 g/mol. The van der Waals surface area contributed by atoms with E-state index in [0.29, 0.717) is 13.0 Å². The Morgan fingerprint density at radius 3 is 2.68 bits per heavy atom. The lowest BCUT2D eigenvalue weighted by molar-refractivity contribution is -0.121. The van der Waals surface area contributed by atoms with Crippen LogP contribution in [-0.4, -0.2) is 24.5 Å². The summed E-state index contributed by atoms with van der Waals surface area (Å²) in [6.45, 7) is 3.42. The summed E-state index contributed by atoms with van der Waals surface area (Å²) in [4.78, 5) is 17.4. The maximum absolute atomic E-state index is 11.7. The minimum atomic E-state index is 0. The van der Waals surface area contributed by atoms with E-state index >= 15 is 0 Å². The quantitative estimate of drug-likeness (QED) is 0.762. The normalized spacial score (nSPS) is 10.1. The summed E-state index contributed by atoms with van der Waals surface area (Å²) in [5.74, 6) is 0.0966. The van der Waals surface area contributed by atoms with Gasteiger partial charge in [-0.2, -0.15) is 0 Å². The molecule has 120 valence electrons. The molecule has 1 aromatic carbocycles. The lowest BCUT2D eigenvalue weighted by atomic mass is 10.2. The predicted octanol–water partition coefficient (Wildman–Crippen LogP) is 3.16. The maximum Gasteiger partial charge on any atom is 0.220 e. The molecule has 2 rings (SSSR count). The smallest absolute Gasteiger partial charge is 0.220 e. The highest BCUT2D eigenvalue weighted by molar-refractivity contribution is 7.15. The fourth-order valence-electron chi connectivity index (χ4n) is 1.99. The molecule has 0 aliphatic heterocycles. The van der Waals surface area contributed by atoms with Crippen molar-refractivity contribution in [2.24, 2.45) is 0 Å². The molecule has 0 aliphatic carbocycles. The van der Waals surface area contributed by atoms with Crippen LogP contribution in [0.4, 0.5) is 0 Å². The Morgan fingerprint density at radius 1 is 1.27 bits per heavy atom. The van der Waals surface area contributed by atoms with E-state index in [1.54, 1.807) is 11.3 Å². The first-order valence-corrected chi connectivity index (χ1v) is 7.95. The SMILES string of the molecule is CNCCCC(=O)NCc1sc(-c2ccccc2)nc1C.Cl. The van der Waals surface area contributed by atoms with Gasteiger partial charge in [-0.1, -0.05) is 30.3 Å². The van der Waals surface area contributed by atoms with E-state index in [0.717, 1.165) is 34.1 Å². The number of aryl methyl sites for hydroxylation is 1. The number of hydrogen-bond acceptors (Lipinski definition) is 4. The van der Waals surface area contributed by atoms with Crippen molar-refractivity contribution in [1.29, 1.82) is 0 Å². The van der Waals surface area contributed by atoms with Crippen molar-refractivity contribution in [1.82, 2.24) is 15.6 Å². The van der Waals surface area contributed by atoms with Gasteiger partial charge >= 0.3 is 0 Å². The number of halogens is 1. The van der Waals surface area contributed by atoms with Gasteiger partial charge in [0.1, 0.15) is 5.01 Å². The van der Waals surface area contributed by atoms with E-state index < -0.39 is 0 Å². The molecule has 0 radical (unpaired) electrons. The Morgan fingerprint density at radius 2 is 2.00 bits per heavy atom. The third kappa shape index (κ3) is 5.40. The standard InChI is InChI=1S/C16H21N3OS.ClH/c1-12-14(11-18-15(20)9-6-10-17-2)21-16(19-12)13-7-4-3-5-8-13;/h3-5,7-8,17H,6,9-11H2,1-2H3,(H,18,20);1H. The zero-order chi connectivity index (χ0) is 15.1. The number of benzene rings is 1. The van der Waals surface area contributed by atoms with Gasteiger partial charge in [0.2, 0.25) is 5.91 Å². The molecular formula is C16H22ClN3OS. The second-order valence-corrected chi connectivity index (χ2v) is 5.96. The van der Waals surface area contributed by atoms with Crippen molar-refractivity contribution < 1.29 is 4.79 Å². The second-order valence-electron chi connectivity index (χ2n) is 4.88. The Bertz CT molecular complexity index is 586. The number of thiazole rings is 1. The molecule has 0 unspecified atom stereocenters. The number of nitrogens with one attached hydrogen (secondary N) is 2. The van der Waals surface area contributed by atoms with Crippen LogP contribution in [-0.2, 0) is 11.3 Å². The summed E-state index contributed by atoms with van der Waals surface area (Å²) >= 11 is 1.64. The van der Waals surface area contributed by atoms with Crippen molar-refractivity contribution in [3.05, 3.63) is 40.9 Å². The molecule has 6 heteroatoms. The summed E-state index contributed by atoms with van der Waals surface area (Å²) in [5.41, 5.74) is 2.12. The molecule has 4 nitrogen and oxygen atoms in total. The molecule has 0 saturated heterocycles. The van der Waals surface area contributed by atoms with Crippen LogP contribution < -0.4 is 10.6 Å². The van der Waals surface area contributed by atoms with E-state index in [1.165, 1.54) is 0 Å². The monoisotopic (exact) mass is 339 g/mol. The molecule has 2 aromatic rings. The van der Waals surface area contributed by atoms with Crippen LogP contribution in [0.3, 0.4) is 0 Å². The molecule has 22 heavy (non-hydrogen) atoms. The summed E-state index contributed by atoms with van der Waals surface area (Å²) < 4.78 is 0. The molecule has 0 fully saturated rings. The highest BCUT2D eigenvalue weighted by atomic mass is 35.5. The van der Waals surface area contributed by atoms with E-state index in [-0.39, 0.29) is 18.3 Å². The van der Waals surface area contributed by atoms with Gasteiger partial charge < -0.3 is 10.6 Å². The first-order chi connectivity index (χ1) is 10.2. The van der Waals surface area contributed by atoms with Crippen LogP contribution in [0.2, 0.25) is 0 Å². The predicted molar refractivity (Wildman–Crippen MR) is 94.5 cm³/mol. The van der Waals surface area contributed by atoms with Gasteiger partial charge in [0.25, 0.3) is 0 Å². The van der Waals surface area contributed by atoms with Crippen molar-refractivity contribution in [3.63, 3.8) is 0 Å². The van der Waals surface area contributed by atoms with E-state index in [1.807, 2.05) is 32.2 Å². The van der Waals surface area contributed by atoms with E-state index in [9.17, 15) is 4.79 Å². The Labute approximate surface area is 141 Å². The van der Waals surface area contributed by atoms with Crippen LogP contribution in [0.25, 0.3) is 10.6 Å². The van der Waals surface area contributed by atoms with Crippen LogP contribution in [0, 0.1) is 6.92 Å². The number of hydrogen-bond donors (Lipinski definition) is 2. The molecule has 1 amide bonds. The number of rotatable bonds is 7. The molecule has 2 N–H and O–H groups in total. The fraction of sp³-hybridized carbons (Fsp3) is 0.375. The lowest BCUT2D eigenvalue weighted by Gasteiger charge is -2.03. The van der Waals surface area contributed by atoms with E-state index in [4.69, 9.17) is 0 Å². The van der Waals surface area contributed by atoms with Crippen molar-refractivity contribution in [2.75, 3.05) is 13.6 Å². The number of amides is 1. The van der Waals surface area contributed by atoms with Gasteiger partial charge in [0.15, 0.2) is 0 Å². The topological polar surface area (TPSA) is 54.0 Å². The second kappa shape index (κ2) is 9.56. The third-order valence-electron chi connectivity index (χ3n) is 3.19. The lowest BCUT2D eigenvalue weighted by Crippen LogP contribution is -2.23. The molecule has 0 atom stereocenters. The molecular weight excluding hydrogens is 318 g/mol. The third-order valence-corrected chi connectivity index (χ3v) is 4.40.